The van der Waals surface area contributed by atoms with Crippen molar-refractivity contribution < 1.29 is 23.2 Å². The molecule has 190 valence electrons. The maximum atomic E-state index is 16.2. The fourth-order valence-electron chi connectivity index (χ4n) is 4.13. The topological polar surface area (TPSA) is 53.1 Å². The number of rotatable bonds is 8. The molecule has 8 heteroatoms. The van der Waals surface area contributed by atoms with Gasteiger partial charge in [0.25, 0.3) is 0 Å². The molecule has 1 saturated heterocycles. The summed E-state index contributed by atoms with van der Waals surface area (Å²) in [6.07, 6.45) is 0. The normalized spacial score (nSPS) is 16.2. The molecule has 0 spiro atoms. The van der Waals surface area contributed by atoms with E-state index in [4.69, 9.17) is 18.8 Å². The van der Waals surface area contributed by atoms with E-state index < -0.39 is 24.1 Å². The summed E-state index contributed by atoms with van der Waals surface area (Å²) in [5, 5.41) is 0. The molecule has 0 saturated carbocycles. The molecule has 0 atom stereocenters. The van der Waals surface area contributed by atoms with E-state index in [2.05, 4.69) is 4.98 Å². The lowest BCUT2D eigenvalue weighted by Crippen LogP contribution is -2.41. The van der Waals surface area contributed by atoms with Crippen LogP contribution in [0, 0.1) is 12.7 Å². The van der Waals surface area contributed by atoms with Crippen LogP contribution in [0.25, 0.3) is 0 Å². The molecule has 0 amide bonds. The van der Waals surface area contributed by atoms with Gasteiger partial charge >= 0.3 is 7.12 Å². The van der Waals surface area contributed by atoms with Gasteiger partial charge in [0.1, 0.15) is 11.5 Å². The third-order valence-corrected chi connectivity index (χ3v) is 6.97. The van der Waals surface area contributed by atoms with Gasteiger partial charge in [-0.1, -0.05) is 24.3 Å². The van der Waals surface area contributed by atoms with Gasteiger partial charge in [0.15, 0.2) is 11.6 Å². The van der Waals surface area contributed by atoms with E-state index in [1.54, 1.807) is 20.3 Å². The lowest BCUT2D eigenvalue weighted by Gasteiger charge is -2.32. The molecule has 4 rings (SSSR count). The van der Waals surface area contributed by atoms with Crippen LogP contribution in [-0.2, 0) is 22.4 Å². The van der Waals surface area contributed by atoms with Crippen LogP contribution in [0.4, 0.5) is 10.2 Å². The van der Waals surface area contributed by atoms with Crippen LogP contribution in [-0.4, -0.2) is 37.5 Å². The van der Waals surface area contributed by atoms with Gasteiger partial charge in [0.05, 0.1) is 25.4 Å². The van der Waals surface area contributed by atoms with Crippen LogP contribution in [0.15, 0.2) is 54.6 Å². The van der Waals surface area contributed by atoms with Crippen LogP contribution in [0.3, 0.4) is 0 Å². The average Bonchev–Trinajstić information content (AvgIpc) is 3.07. The van der Waals surface area contributed by atoms with Crippen LogP contribution < -0.4 is 19.8 Å². The lowest BCUT2D eigenvalue weighted by atomic mass is 9.78. The monoisotopic (exact) mass is 492 g/mol. The number of anilines is 1. The fraction of sp³-hybridized carbons (Fsp3) is 0.393. The summed E-state index contributed by atoms with van der Waals surface area (Å²) in [4.78, 5) is 6.56. The van der Waals surface area contributed by atoms with Gasteiger partial charge in [-0.15, -0.1) is 0 Å². The Balaban J connectivity index is 1.73. The molecule has 2 heterocycles. The van der Waals surface area contributed by atoms with E-state index in [-0.39, 0.29) is 5.82 Å². The molecule has 0 bridgehead atoms. The Morgan fingerprint density at radius 1 is 0.833 bits per heavy atom. The number of nitrogens with zero attached hydrogens (tertiary/aromatic N) is 2. The second kappa shape index (κ2) is 10.1. The number of benzene rings is 2. The maximum Gasteiger partial charge on any atom is 0.498 e. The zero-order valence-electron chi connectivity index (χ0n) is 22.1. The zero-order valence-corrected chi connectivity index (χ0v) is 22.1. The van der Waals surface area contributed by atoms with Gasteiger partial charge in [-0.2, -0.15) is 0 Å². The number of aryl methyl sites for hydroxylation is 1. The van der Waals surface area contributed by atoms with E-state index in [9.17, 15) is 0 Å². The molecule has 1 aromatic heterocycles. The predicted octanol–water partition coefficient (Wildman–Crippen LogP) is 5.05. The molecule has 36 heavy (non-hydrogen) atoms. The highest BCUT2D eigenvalue weighted by Gasteiger charge is 2.52. The lowest BCUT2D eigenvalue weighted by molar-refractivity contribution is 0.00578. The first-order valence-corrected chi connectivity index (χ1v) is 12.1. The summed E-state index contributed by atoms with van der Waals surface area (Å²) in [7, 11) is 2.45. The van der Waals surface area contributed by atoms with Crippen molar-refractivity contribution in [2.24, 2.45) is 0 Å². The smallest absolute Gasteiger partial charge is 0.497 e. The standard InChI is InChI=1S/C28H34BFN2O4/c1-19-16-24(29-35-27(2,3)28(4,5)36-29)25(30)26(31-19)32(17-20-8-12-22(33-6)13-9-20)18-21-10-14-23(34-7)15-11-21/h8-16H,17-18H2,1-7H3. The average molecular weight is 492 g/mol. The molecular weight excluding hydrogens is 458 g/mol. The number of halogens is 1. The van der Waals surface area contributed by atoms with Crippen molar-refractivity contribution >= 4 is 18.4 Å². The van der Waals surface area contributed by atoms with Gasteiger partial charge in [0.2, 0.25) is 0 Å². The molecule has 6 nitrogen and oxygen atoms in total. The minimum absolute atomic E-state index is 0.256. The number of ether oxygens (including phenoxy) is 2. The van der Waals surface area contributed by atoms with Crippen molar-refractivity contribution in [1.29, 1.82) is 0 Å². The Morgan fingerprint density at radius 2 is 1.28 bits per heavy atom. The number of hydrogen-bond acceptors (Lipinski definition) is 6. The van der Waals surface area contributed by atoms with Crippen LogP contribution in [0.2, 0.25) is 0 Å². The van der Waals surface area contributed by atoms with Crippen LogP contribution in [0.5, 0.6) is 11.5 Å². The molecular formula is C28H34BFN2O4. The SMILES string of the molecule is COc1ccc(CN(Cc2ccc(OC)cc2)c2nc(C)cc(B3OC(C)(C)C(C)(C)O3)c2F)cc1. The largest absolute Gasteiger partial charge is 0.498 e. The zero-order chi connectivity index (χ0) is 26.1. The second-order valence-electron chi connectivity index (χ2n) is 10.1. The molecule has 3 aromatic rings. The molecule has 0 radical (unpaired) electrons. The Kier molecular flexibility index (Phi) is 7.30. The molecule has 0 N–H and O–H groups in total. The summed E-state index contributed by atoms with van der Waals surface area (Å²) in [5.74, 6) is 1.35. The van der Waals surface area contributed by atoms with Crippen LogP contribution >= 0.6 is 0 Å². The first-order valence-electron chi connectivity index (χ1n) is 12.1. The molecule has 0 unspecified atom stereocenters. The van der Waals surface area contributed by atoms with Crippen molar-refractivity contribution in [3.8, 4) is 11.5 Å². The van der Waals surface area contributed by atoms with Crippen molar-refractivity contribution in [1.82, 2.24) is 4.98 Å². The van der Waals surface area contributed by atoms with Gasteiger partial charge in [0, 0.05) is 24.2 Å². The van der Waals surface area contributed by atoms with Crippen LogP contribution in [0.1, 0.15) is 44.5 Å². The first-order chi connectivity index (χ1) is 17.0. The summed E-state index contributed by atoms with van der Waals surface area (Å²) >= 11 is 0. The maximum absolute atomic E-state index is 16.2. The second-order valence-corrected chi connectivity index (χ2v) is 10.1. The third-order valence-electron chi connectivity index (χ3n) is 6.97. The summed E-state index contributed by atoms with van der Waals surface area (Å²) in [6, 6.07) is 17.2. The van der Waals surface area contributed by atoms with Gasteiger partial charge in [-0.3, -0.25) is 0 Å². The van der Waals surface area contributed by atoms with E-state index in [0.29, 0.717) is 24.2 Å². The van der Waals surface area contributed by atoms with Gasteiger partial charge < -0.3 is 23.7 Å². The Bertz CT molecular complexity index is 1130. The first kappa shape index (κ1) is 26.0. The van der Waals surface area contributed by atoms with Crippen molar-refractivity contribution in [3.05, 3.63) is 77.2 Å². The van der Waals surface area contributed by atoms with E-state index in [0.717, 1.165) is 22.6 Å². The molecule has 2 aromatic carbocycles. The minimum Gasteiger partial charge on any atom is -0.497 e. The van der Waals surface area contributed by atoms with E-state index in [1.165, 1.54) is 0 Å². The van der Waals surface area contributed by atoms with Gasteiger partial charge in [-0.25, -0.2) is 9.37 Å². The highest BCUT2D eigenvalue weighted by Crippen LogP contribution is 2.37. The number of hydrogen-bond donors (Lipinski definition) is 0. The quantitative estimate of drug-likeness (QED) is 0.410. The summed E-state index contributed by atoms with van der Waals surface area (Å²) in [5.41, 5.74) is 1.89. The highest BCUT2D eigenvalue weighted by molar-refractivity contribution is 6.62. The van der Waals surface area contributed by atoms with E-state index in [1.807, 2.05) is 88.0 Å². The van der Waals surface area contributed by atoms with Crippen molar-refractivity contribution in [2.75, 3.05) is 19.1 Å². The summed E-state index contributed by atoms with van der Waals surface area (Å²) < 4.78 is 39.1. The van der Waals surface area contributed by atoms with Crippen molar-refractivity contribution in [3.63, 3.8) is 0 Å². The molecule has 1 aliphatic heterocycles. The third kappa shape index (κ3) is 5.35. The number of pyridine rings is 1. The van der Waals surface area contributed by atoms with E-state index >= 15 is 4.39 Å². The Labute approximate surface area is 213 Å². The van der Waals surface area contributed by atoms with Crippen molar-refractivity contribution in [2.45, 2.75) is 58.9 Å². The Hall–Kier alpha value is -3.10. The molecule has 1 aliphatic rings. The predicted molar refractivity (Wildman–Crippen MR) is 141 cm³/mol. The molecule has 0 aliphatic carbocycles. The fourth-order valence-corrected chi connectivity index (χ4v) is 4.13. The number of aromatic nitrogens is 1. The highest BCUT2D eigenvalue weighted by atomic mass is 19.1. The summed E-state index contributed by atoms with van der Waals surface area (Å²) in [6.45, 7) is 10.6. The molecule has 1 fully saturated rings. The van der Waals surface area contributed by atoms with Gasteiger partial charge in [-0.05, 0) is 76.1 Å². The number of methoxy groups -OCH3 is 2. The Morgan fingerprint density at radius 3 is 1.69 bits per heavy atom. The minimum atomic E-state index is -0.820.